The second-order valence-corrected chi connectivity index (χ2v) is 8.10. The molecule has 1 aromatic carbocycles. The van der Waals surface area contributed by atoms with Gasteiger partial charge in [0.15, 0.2) is 11.4 Å². The van der Waals surface area contributed by atoms with E-state index in [1.165, 1.54) is 12.1 Å². The Labute approximate surface area is 186 Å². The highest BCUT2D eigenvalue weighted by Gasteiger charge is 2.24. The summed E-state index contributed by atoms with van der Waals surface area (Å²) >= 11 is 0. The number of fused-ring (bicyclic) bond motifs is 1. The average Bonchev–Trinajstić information content (AvgIpc) is 3.38. The lowest BCUT2D eigenvalue weighted by Crippen LogP contribution is -2.36. The standard InChI is InChI=1S/C24H26FN5O2/c1-16-22-19(14-20(21-9-6-12-32-21)26-23(22)29(4)27-16)24(31)30(11-10-28(2)3)15-17-7-5-8-18(25)13-17/h5-9,12-14H,10-11,15H2,1-4H3. The predicted molar refractivity (Wildman–Crippen MR) is 121 cm³/mol. The number of rotatable bonds is 7. The Hall–Kier alpha value is -3.52. The van der Waals surface area contributed by atoms with Crippen LogP contribution >= 0.6 is 0 Å². The Kier molecular flexibility index (Phi) is 6.05. The first-order valence-electron chi connectivity index (χ1n) is 10.4. The molecule has 0 saturated heterocycles. The van der Waals surface area contributed by atoms with Crippen molar-refractivity contribution in [3.63, 3.8) is 0 Å². The summed E-state index contributed by atoms with van der Waals surface area (Å²) in [6.45, 7) is 3.32. The second-order valence-electron chi connectivity index (χ2n) is 8.10. The van der Waals surface area contributed by atoms with Gasteiger partial charge >= 0.3 is 0 Å². The lowest BCUT2D eigenvalue weighted by Gasteiger charge is -2.25. The van der Waals surface area contributed by atoms with Crippen molar-refractivity contribution >= 4 is 16.9 Å². The SMILES string of the molecule is Cc1nn(C)c2nc(-c3ccco3)cc(C(=O)N(CCN(C)C)Cc3cccc(F)c3)c12. The van der Waals surface area contributed by atoms with Gasteiger partial charge in [0.1, 0.15) is 11.5 Å². The molecule has 1 amide bonds. The monoisotopic (exact) mass is 435 g/mol. The van der Waals surface area contributed by atoms with Crippen LogP contribution in [0.15, 0.2) is 53.1 Å². The van der Waals surface area contributed by atoms with Crippen LogP contribution in [0.25, 0.3) is 22.5 Å². The predicted octanol–water partition coefficient (Wildman–Crippen LogP) is 3.88. The lowest BCUT2D eigenvalue weighted by atomic mass is 10.1. The number of carbonyl (C=O) groups excluding carboxylic acids is 1. The summed E-state index contributed by atoms with van der Waals surface area (Å²) < 4.78 is 21.0. The fraction of sp³-hybridized carbons (Fsp3) is 0.292. The molecule has 0 atom stereocenters. The van der Waals surface area contributed by atoms with Crippen molar-refractivity contribution in [1.29, 1.82) is 0 Å². The normalized spacial score (nSPS) is 11.4. The maximum atomic E-state index is 13.9. The highest BCUT2D eigenvalue weighted by Crippen LogP contribution is 2.28. The maximum Gasteiger partial charge on any atom is 0.255 e. The largest absolute Gasteiger partial charge is 0.463 e. The van der Waals surface area contributed by atoms with Gasteiger partial charge in [0.2, 0.25) is 0 Å². The van der Waals surface area contributed by atoms with E-state index in [1.54, 1.807) is 41.1 Å². The van der Waals surface area contributed by atoms with E-state index in [4.69, 9.17) is 4.42 Å². The zero-order valence-corrected chi connectivity index (χ0v) is 18.7. The molecule has 4 aromatic rings. The van der Waals surface area contributed by atoms with E-state index in [2.05, 4.69) is 10.1 Å². The van der Waals surface area contributed by atoms with Crippen molar-refractivity contribution in [2.75, 3.05) is 27.2 Å². The minimum atomic E-state index is -0.322. The molecule has 0 aliphatic carbocycles. The van der Waals surface area contributed by atoms with Crippen LogP contribution in [0, 0.1) is 12.7 Å². The highest BCUT2D eigenvalue weighted by atomic mass is 19.1. The molecule has 0 fully saturated rings. The number of halogens is 1. The fourth-order valence-corrected chi connectivity index (χ4v) is 3.76. The summed E-state index contributed by atoms with van der Waals surface area (Å²) in [6, 6.07) is 11.7. The zero-order chi connectivity index (χ0) is 22.8. The van der Waals surface area contributed by atoms with Gasteiger partial charge in [-0.2, -0.15) is 5.10 Å². The van der Waals surface area contributed by atoms with E-state index in [0.717, 1.165) is 11.3 Å². The minimum absolute atomic E-state index is 0.160. The third kappa shape index (κ3) is 4.40. The third-order valence-corrected chi connectivity index (χ3v) is 5.34. The molecule has 0 aliphatic heterocycles. The van der Waals surface area contributed by atoms with Gasteiger partial charge in [0.05, 0.1) is 22.9 Å². The molecule has 3 heterocycles. The molecule has 0 N–H and O–H groups in total. The van der Waals surface area contributed by atoms with Crippen molar-refractivity contribution in [1.82, 2.24) is 24.6 Å². The Morgan fingerprint density at radius 1 is 1.16 bits per heavy atom. The summed E-state index contributed by atoms with van der Waals surface area (Å²) in [5.41, 5.74) is 3.13. The Balaban J connectivity index is 1.80. The van der Waals surface area contributed by atoms with Crippen LogP contribution < -0.4 is 0 Å². The molecule has 166 valence electrons. The number of benzene rings is 1. The Morgan fingerprint density at radius 3 is 2.66 bits per heavy atom. The van der Waals surface area contributed by atoms with E-state index in [-0.39, 0.29) is 11.7 Å². The number of carbonyl (C=O) groups is 1. The van der Waals surface area contributed by atoms with Crippen molar-refractivity contribution in [3.05, 3.63) is 71.4 Å². The molecule has 0 saturated carbocycles. The number of furan rings is 1. The van der Waals surface area contributed by atoms with E-state index >= 15 is 0 Å². The summed E-state index contributed by atoms with van der Waals surface area (Å²) in [5, 5.41) is 5.19. The molecular formula is C24H26FN5O2. The smallest absolute Gasteiger partial charge is 0.255 e. The van der Waals surface area contributed by atoms with Gasteiger partial charge in [0.25, 0.3) is 5.91 Å². The Morgan fingerprint density at radius 2 is 1.97 bits per heavy atom. The van der Waals surface area contributed by atoms with Gasteiger partial charge in [-0.1, -0.05) is 12.1 Å². The zero-order valence-electron chi connectivity index (χ0n) is 18.7. The van der Waals surface area contributed by atoms with E-state index in [0.29, 0.717) is 47.7 Å². The minimum Gasteiger partial charge on any atom is -0.463 e. The van der Waals surface area contributed by atoms with Crippen LogP contribution in [0.3, 0.4) is 0 Å². The topological polar surface area (TPSA) is 67.4 Å². The van der Waals surface area contributed by atoms with Crippen molar-refractivity contribution < 1.29 is 13.6 Å². The van der Waals surface area contributed by atoms with Crippen molar-refractivity contribution in [2.24, 2.45) is 7.05 Å². The van der Waals surface area contributed by atoms with Crippen LogP contribution in [0.1, 0.15) is 21.6 Å². The second kappa shape index (κ2) is 8.92. The van der Waals surface area contributed by atoms with Crippen LogP contribution in [0.2, 0.25) is 0 Å². The number of hydrogen-bond acceptors (Lipinski definition) is 5. The highest BCUT2D eigenvalue weighted by molar-refractivity contribution is 6.07. The lowest BCUT2D eigenvalue weighted by molar-refractivity contribution is 0.0733. The molecule has 8 heteroatoms. The number of likely N-dealkylation sites (N-methyl/N-ethyl adjacent to an activating group) is 1. The summed E-state index contributed by atoms with van der Waals surface area (Å²) in [7, 11) is 5.71. The molecule has 0 aliphatic rings. The molecule has 32 heavy (non-hydrogen) atoms. The van der Waals surface area contributed by atoms with Crippen molar-refractivity contribution in [2.45, 2.75) is 13.5 Å². The first-order chi connectivity index (χ1) is 15.3. The number of aryl methyl sites for hydroxylation is 2. The fourth-order valence-electron chi connectivity index (χ4n) is 3.76. The van der Waals surface area contributed by atoms with Gasteiger partial charge < -0.3 is 14.2 Å². The van der Waals surface area contributed by atoms with Gasteiger partial charge in [0, 0.05) is 26.7 Å². The molecule has 0 radical (unpaired) electrons. The molecule has 0 spiro atoms. The third-order valence-electron chi connectivity index (χ3n) is 5.34. The quantitative estimate of drug-likeness (QED) is 0.441. The molecular weight excluding hydrogens is 409 g/mol. The van der Waals surface area contributed by atoms with Crippen LogP contribution in [0.5, 0.6) is 0 Å². The number of hydrogen-bond donors (Lipinski definition) is 0. The number of amides is 1. The van der Waals surface area contributed by atoms with E-state index in [9.17, 15) is 9.18 Å². The summed E-state index contributed by atoms with van der Waals surface area (Å²) in [4.78, 5) is 22.3. The molecule has 0 unspecified atom stereocenters. The maximum absolute atomic E-state index is 13.9. The molecule has 3 aromatic heterocycles. The first-order valence-corrected chi connectivity index (χ1v) is 10.4. The average molecular weight is 436 g/mol. The van der Waals surface area contributed by atoms with Crippen molar-refractivity contribution in [3.8, 4) is 11.5 Å². The Bertz CT molecular complexity index is 1250. The van der Waals surface area contributed by atoms with Crippen LogP contribution in [-0.4, -0.2) is 57.7 Å². The number of aromatic nitrogens is 3. The van der Waals surface area contributed by atoms with Gasteiger partial charge in [-0.3, -0.25) is 9.48 Å². The van der Waals surface area contributed by atoms with E-state index < -0.39 is 0 Å². The van der Waals surface area contributed by atoms with E-state index in [1.807, 2.05) is 38.1 Å². The first kappa shape index (κ1) is 21.7. The molecule has 7 nitrogen and oxygen atoms in total. The van der Waals surface area contributed by atoms with Gasteiger partial charge in [-0.25, -0.2) is 9.37 Å². The number of nitrogens with zero attached hydrogens (tertiary/aromatic N) is 5. The summed E-state index contributed by atoms with van der Waals surface area (Å²) in [6.07, 6.45) is 1.57. The number of pyridine rings is 1. The van der Waals surface area contributed by atoms with Crippen LogP contribution in [0.4, 0.5) is 4.39 Å². The van der Waals surface area contributed by atoms with Gasteiger partial charge in [-0.15, -0.1) is 0 Å². The molecule has 0 bridgehead atoms. The van der Waals surface area contributed by atoms with Crippen LogP contribution in [-0.2, 0) is 13.6 Å². The molecule has 4 rings (SSSR count). The van der Waals surface area contributed by atoms with Gasteiger partial charge in [-0.05, 0) is 56.9 Å². The summed E-state index contributed by atoms with van der Waals surface area (Å²) in [5.74, 6) is 0.0919.